The molecule has 0 spiro atoms. The van der Waals surface area contributed by atoms with Crippen molar-refractivity contribution >= 4 is 27.6 Å². The lowest BCUT2D eigenvalue weighted by atomic mass is 10.0. The fourth-order valence-corrected chi connectivity index (χ4v) is 3.62. The Morgan fingerprint density at radius 3 is 2.55 bits per heavy atom. The summed E-state index contributed by atoms with van der Waals surface area (Å²) in [6, 6.07) is 3.08. The fourth-order valence-electron chi connectivity index (χ4n) is 1.91. The molecule has 0 radical (unpaired) electrons. The van der Waals surface area contributed by atoms with Crippen LogP contribution in [0.5, 0.6) is 0 Å². The lowest BCUT2D eigenvalue weighted by molar-refractivity contribution is -0.140. The van der Waals surface area contributed by atoms with Crippen molar-refractivity contribution < 1.29 is 23.1 Å². The molecule has 0 aromatic heterocycles. The average Bonchev–Trinajstić information content (AvgIpc) is 2.43. The zero-order chi connectivity index (χ0) is 16.9. The molecule has 124 valence electrons. The van der Waals surface area contributed by atoms with E-state index in [9.17, 15) is 18.3 Å². The van der Waals surface area contributed by atoms with Crippen LogP contribution in [0.25, 0.3) is 0 Å². The molecule has 0 bridgehead atoms. The molecule has 2 atom stereocenters. The average molecular weight is 350 g/mol. The second kappa shape index (κ2) is 7.92. The van der Waals surface area contributed by atoms with Gasteiger partial charge in [0.05, 0.1) is 11.5 Å². The first-order valence-corrected chi connectivity index (χ1v) is 8.61. The summed E-state index contributed by atoms with van der Waals surface area (Å²) in [6.07, 6.45) is 0.532. The topological polar surface area (TPSA) is 92.7 Å². The van der Waals surface area contributed by atoms with Gasteiger partial charge in [-0.3, -0.25) is 4.79 Å². The first kappa shape index (κ1) is 18.9. The number of rotatable bonds is 8. The number of methoxy groups -OCH3 is 1. The Balaban J connectivity index is 3.15. The first-order valence-electron chi connectivity index (χ1n) is 6.74. The largest absolute Gasteiger partial charge is 0.480 e. The minimum atomic E-state index is -3.99. The van der Waals surface area contributed by atoms with Gasteiger partial charge in [0, 0.05) is 12.1 Å². The van der Waals surface area contributed by atoms with Crippen LogP contribution in [0, 0.1) is 5.92 Å². The van der Waals surface area contributed by atoms with Crippen molar-refractivity contribution in [2.24, 2.45) is 5.92 Å². The molecule has 0 aliphatic rings. The van der Waals surface area contributed by atoms with E-state index in [2.05, 4.69) is 4.72 Å². The van der Waals surface area contributed by atoms with E-state index in [4.69, 9.17) is 16.3 Å². The lowest BCUT2D eigenvalue weighted by Crippen LogP contribution is -2.44. The van der Waals surface area contributed by atoms with E-state index in [1.807, 2.05) is 0 Å². The first-order chi connectivity index (χ1) is 10.2. The Hall–Kier alpha value is -1.15. The second-order valence-corrected chi connectivity index (χ2v) is 7.20. The van der Waals surface area contributed by atoms with Crippen LogP contribution in [0.4, 0.5) is 0 Å². The number of carbonyl (C=O) groups is 1. The van der Waals surface area contributed by atoms with Gasteiger partial charge >= 0.3 is 5.97 Å². The highest BCUT2D eigenvalue weighted by Gasteiger charge is 2.29. The molecule has 2 N–H and O–H groups in total. The third-order valence-corrected chi connectivity index (χ3v) is 4.95. The summed E-state index contributed by atoms with van der Waals surface area (Å²) in [5.41, 5.74) is 0.589. The Bertz CT molecular complexity index is 632. The summed E-state index contributed by atoms with van der Waals surface area (Å²) in [5.74, 6) is -1.55. The van der Waals surface area contributed by atoms with Crippen LogP contribution in [-0.4, -0.2) is 32.6 Å². The summed E-state index contributed by atoms with van der Waals surface area (Å²) in [6.45, 7) is 3.68. The number of halogens is 1. The van der Waals surface area contributed by atoms with Gasteiger partial charge in [-0.15, -0.1) is 0 Å². The van der Waals surface area contributed by atoms with Gasteiger partial charge in [-0.2, -0.15) is 4.72 Å². The van der Waals surface area contributed by atoms with E-state index in [1.54, 1.807) is 19.9 Å². The smallest absolute Gasteiger partial charge is 0.322 e. The molecule has 0 saturated heterocycles. The number of sulfonamides is 1. The van der Waals surface area contributed by atoms with Crippen LogP contribution in [-0.2, 0) is 26.2 Å². The summed E-state index contributed by atoms with van der Waals surface area (Å²) >= 11 is 5.92. The Morgan fingerprint density at radius 2 is 2.05 bits per heavy atom. The van der Waals surface area contributed by atoms with E-state index in [0.29, 0.717) is 12.0 Å². The van der Waals surface area contributed by atoms with Gasteiger partial charge < -0.3 is 9.84 Å². The number of carboxylic acid groups (broad SMARTS) is 1. The fraction of sp³-hybridized carbons (Fsp3) is 0.500. The van der Waals surface area contributed by atoms with Gasteiger partial charge in [-0.1, -0.05) is 31.9 Å². The van der Waals surface area contributed by atoms with E-state index < -0.39 is 22.0 Å². The highest BCUT2D eigenvalue weighted by atomic mass is 35.5. The number of ether oxygens (including phenoxy) is 1. The van der Waals surface area contributed by atoms with E-state index >= 15 is 0 Å². The highest BCUT2D eigenvalue weighted by molar-refractivity contribution is 7.89. The molecule has 0 unspecified atom stereocenters. The molecule has 1 aromatic rings. The molecule has 8 heteroatoms. The summed E-state index contributed by atoms with van der Waals surface area (Å²) in [5, 5.41) is 9.45. The number of hydrogen-bond acceptors (Lipinski definition) is 4. The van der Waals surface area contributed by atoms with Crippen LogP contribution < -0.4 is 4.72 Å². The van der Waals surface area contributed by atoms with Crippen molar-refractivity contribution in [1.82, 2.24) is 4.72 Å². The van der Waals surface area contributed by atoms with E-state index in [-0.39, 0.29) is 22.4 Å². The van der Waals surface area contributed by atoms with Gasteiger partial charge in [0.25, 0.3) is 0 Å². The normalized spacial score (nSPS) is 14.5. The van der Waals surface area contributed by atoms with E-state index in [0.717, 1.165) is 0 Å². The van der Waals surface area contributed by atoms with Crippen molar-refractivity contribution in [3.63, 3.8) is 0 Å². The molecular formula is C14H20ClNO5S. The number of aliphatic carboxylic acids is 1. The lowest BCUT2D eigenvalue weighted by Gasteiger charge is -2.20. The number of hydrogen-bond donors (Lipinski definition) is 2. The van der Waals surface area contributed by atoms with Crippen molar-refractivity contribution in [2.45, 2.75) is 37.8 Å². The monoisotopic (exact) mass is 349 g/mol. The molecule has 0 aliphatic carbocycles. The molecule has 1 rings (SSSR count). The molecular weight excluding hydrogens is 330 g/mol. The molecule has 0 fully saturated rings. The minimum absolute atomic E-state index is 0.0818. The zero-order valence-electron chi connectivity index (χ0n) is 12.7. The maximum Gasteiger partial charge on any atom is 0.322 e. The molecule has 0 aliphatic heterocycles. The maximum absolute atomic E-state index is 12.4. The third-order valence-electron chi connectivity index (χ3n) is 3.31. The van der Waals surface area contributed by atoms with Gasteiger partial charge in [0.1, 0.15) is 6.04 Å². The summed E-state index contributed by atoms with van der Waals surface area (Å²) in [4.78, 5) is 11.2. The molecule has 0 amide bonds. The van der Waals surface area contributed by atoms with Gasteiger partial charge in [0.2, 0.25) is 10.0 Å². The highest BCUT2D eigenvalue weighted by Crippen LogP contribution is 2.21. The van der Waals surface area contributed by atoms with Crippen LogP contribution in [0.3, 0.4) is 0 Å². The van der Waals surface area contributed by atoms with Gasteiger partial charge in [-0.05, 0) is 29.7 Å². The van der Waals surface area contributed by atoms with Crippen molar-refractivity contribution in [3.05, 3.63) is 28.8 Å². The molecule has 1 aromatic carbocycles. The van der Waals surface area contributed by atoms with Crippen molar-refractivity contribution in [3.8, 4) is 0 Å². The van der Waals surface area contributed by atoms with Crippen LogP contribution in [0.2, 0.25) is 5.02 Å². The maximum atomic E-state index is 12.4. The van der Waals surface area contributed by atoms with Crippen molar-refractivity contribution in [1.29, 1.82) is 0 Å². The zero-order valence-corrected chi connectivity index (χ0v) is 14.2. The van der Waals surface area contributed by atoms with Gasteiger partial charge in [0.15, 0.2) is 0 Å². The SMILES string of the molecule is CC[C@H](C)[C@H](NS(=O)(=O)c1cc(Cl)cc(COC)c1)C(=O)O. The predicted molar refractivity (Wildman–Crippen MR) is 83.4 cm³/mol. The van der Waals surface area contributed by atoms with E-state index in [1.165, 1.54) is 19.2 Å². The molecule has 0 heterocycles. The Morgan fingerprint density at radius 1 is 1.41 bits per heavy atom. The molecule has 22 heavy (non-hydrogen) atoms. The Labute approximate surface area is 135 Å². The Kier molecular flexibility index (Phi) is 6.80. The van der Waals surface area contributed by atoms with Crippen molar-refractivity contribution in [2.75, 3.05) is 7.11 Å². The summed E-state index contributed by atoms with van der Waals surface area (Å²) in [7, 11) is -2.51. The van der Waals surface area contributed by atoms with Crippen LogP contribution in [0.15, 0.2) is 23.1 Å². The number of nitrogens with one attached hydrogen (secondary N) is 1. The molecule has 0 saturated carbocycles. The number of carboxylic acids is 1. The van der Waals surface area contributed by atoms with Crippen LogP contribution >= 0.6 is 11.6 Å². The quantitative estimate of drug-likeness (QED) is 0.751. The predicted octanol–water partition coefficient (Wildman–Crippen LogP) is 2.26. The standard InChI is InChI=1S/C14H20ClNO5S/c1-4-9(2)13(14(17)18)16-22(19,20)12-6-10(8-21-3)5-11(15)7-12/h5-7,9,13,16H,4,8H2,1-3H3,(H,17,18)/t9-,13-/m0/s1. The number of benzene rings is 1. The van der Waals surface area contributed by atoms with Crippen LogP contribution in [0.1, 0.15) is 25.8 Å². The van der Waals surface area contributed by atoms with Gasteiger partial charge in [-0.25, -0.2) is 8.42 Å². The summed E-state index contributed by atoms with van der Waals surface area (Å²) < 4.78 is 32.0. The third kappa shape index (κ3) is 4.95. The second-order valence-electron chi connectivity index (χ2n) is 5.05. The molecule has 6 nitrogen and oxygen atoms in total. The minimum Gasteiger partial charge on any atom is -0.480 e.